The summed E-state index contributed by atoms with van der Waals surface area (Å²) >= 11 is 0. The van der Waals surface area contributed by atoms with Gasteiger partial charge in [-0.2, -0.15) is 0 Å². The highest BCUT2D eigenvalue weighted by Crippen LogP contribution is 2.32. The predicted molar refractivity (Wildman–Crippen MR) is 63.7 cm³/mol. The number of rotatable bonds is 7. The number of aliphatic carboxylic acids is 1. The summed E-state index contributed by atoms with van der Waals surface area (Å²) in [6, 6.07) is -1.45. The molecule has 1 aliphatic carbocycles. The van der Waals surface area contributed by atoms with Gasteiger partial charge < -0.3 is 21.5 Å². The second-order valence-electron chi connectivity index (χ2n) is 4.52. The van der Waals surface area contributed by atoms with Crippen LogP contribution >= 0.6 is 0 Å². The van der Waals surface area contributed by atoms with Gasteiger partial charge in [0.2, 0.25) is 5.91 Å². The van der Waals surface area contributed by atoms with Crippen LogP contribution in [-0.2, 0) is 9.59 Å². The van der Waals surface area contributed by atoms with E-state index in [0.717, 1.165) is 12.8 Å². The first-order valence-electron chi connectivity index (χ1n) is 6.02. The molecule has 1 rings (SSSR count). The SMILES string of the molecule is CCC1CC1NC(=O)NC(CCC(N)=O)C(=O)O. The molecule has 3 atom stereocenters. The van der Waals surface area contributed by atoms with Crippen molar-refractivity contribution in [3.05, 3.63) is 0 Å². The Hall–Kier alpha value is -1.79. The molecule has 3 unspecified atom stereocenters. The summed E-state index contributed by atoms with van der Waals surface area (Å²) < 4.78 is 0. The topological polar surface area (TPSA) is 122 Å². The number of urea groups is 1. The van der Waals surface area contributed by atoms with Crippen LogP contribution in [0.15, 0.2) is 0 Å². The minimum absolute atomic E-state index is 0.0000400. The van der Waals surface area contributed by atoms with Gasteiger partial charge in [0.1, 0.15) is 6.04 Å². The molecule has 0 heterocycles. The number of primary amides is 1. The highest BCUT2D eigenvalue weighted by atomic mass is 16.4. The average Bonchev–Trinajstić information content (AvgIpc) is 3.01. The molecule has 0 aromatic heterocycles. The molecule has 5 N–H and O–H groups in total. The third-order valence-electron chi connectivity index (χ3n) is 3.05. The molecule has 7 nitrogen and oxygen atoms in total. The van der Waals surface area contributed by atoms with Crippen LogP contribution in [0, 0.1) is 5.92 Å². The molecule has 0 saturated heterocycles. The molecule has 3 amide bonds. The molecule has 18 heavy (non-hydrogen) atoms. The van der Waals surface area contributed by atoms with Crippen molar-refractivity contribution >= 4 is 17.9 Å². The lowest BCUT2D eigenvalue weighted by Crippen LogP contribution is -2.47. The number of hydrogen-bond donors (Lipinski definition) is 4. The summed E-state index contributed by atoms with van der Waals surface area (Å²) in [6.45, 7) is 2.04. The minimum Gasteiger partial charge on any atom is -0.480 e. The summed E-state index contributed by atoms with van der Waals surface area (Å²) in [6.07, 6.45) is 1.86. The summed E-state index contributed by atoms with van der Waals surface area (Å²) in [5.74, 6) is -1.27. The fourth-order valence-electron chi connectivity index (χ4n) is 1.79. The van der Waals surface area contributed by atoms with Crippen LogP contribution in [0.25, 0.3) is 0 Å². The van der Waals surface area contributed by atoms with E-state index in [4.69, 9.17) is 10.8 Å². The summed E-state index contributed by atoms with van der Waals surface area (Å²) in [5.41, 5.74) is 4.94. The van der Waals surface area contributed by atoms with Crippen LogP contribution < -0.4 is 16.4 Å². The molecule has 0 bridgehead atoms. The third-order valence-corrected chi connectivity index (χ3v) is 3.05. The second-order valence-corrected chi connectivity index (χ2v) is 4.52. The first kappa shape index (κ1) is 14.3. The van der Waals surface area contributed by atoms with E-state index in [1.165, 1.54) is 0 Å². The van der Waals surface area contributed by atoms with E-state index in [1.54, 1.807) is 0 Å². The van der Waals surface area contributed by atoms with Crippen LogP contribution in [0.3, 0.4) is 0 Å². The van der Waals surface area contributed by atoms with Crippen molar-refractivity contribution in [3.8, 4) is 0 Å². The lowest BCUT2D eigenvalue weighted by atomic mass is 10.1. The molecule has 0 aromatic carbocycles. The van der Waals surface area contributed by atoms with Crippen molar-refractivity contribution in [2.45, 2.75) is 44.7 Å². The van der Waals surface area contributed by atoms with Gasteiger partial charge in [0.25, 0.3) is 0 Å². The lowest BCUT2D eigenvalue weighted by molar-refractivity contribution is -0.139. The van der Waals surface area contributed by atoms with Crippen molar-refractivity contribution < 1.29 is 19.5 Å². The molecule has 7 heteroatoms. The number of carboxylic acid groups (broad SMARTS) is 1. The van der Waals surface area contributed by atoms with Crippen molar-refractivity contribution in [2.24, 2.45) is 11.7 Å². The van der Waals surface area contributed by atoms with Gasteiger partial charge in [0.15, 0.2) is 0 Å². The van der Waals surface area contributed by atoms with Gasteiger partial charge in [-0.1, -0.05) is 13.3 Å². The Morgan fingerprint density at radius 3 is 2.56 bits per heavy atom. The molecule has 0 radical (unpaired) electrons. The van der Waals surface area contributed by atoms with E-state index in [1.807, 2.05) is 6.92 Å². The molecular formula is C11H19N3O4. The number of nitrogens with one attached hydrogen (secondary N) is 2. The number of carbonyl (C=O) groups is 3. The first-order chi connectivity index (χ1) is 8.43. The maximum absolute atomic E-state index is 11.5. The molecule has 0 aliphatic heterocycles. The quantitative estimate of drug-likeness (QED) is 0.504. The zero-order valence-corrected chi connectivity index (χ0v) is 10.3. The van der Waals surface area contributed by atoms with E-state index in [0.29, 0.717) is 5.92 Å². The first-order valence-corrected chi connectivity index (χ1v) is 6.02. The molecule has 1 aliphatic rings. The molecule has 102 valence electrons. The van der Waals surface area contributed by atoms with E-state index < -0.39 is 23.9 Å². The Morgan fingerprint density at radius 2 is 2.11 bits per heavy atom. The second kappa shape index (κ2) is 6.23. The van der Waals surface area contributed by atoms with Gasteiger partial charge in [0.05, 0.1) is 0 Å². The Bertz CT molecular complexity index is 345. The average molecular weight is 257 g/mol. The van der Waals surface area contributed by atoms with Crippen LogP contribution in [0.5, 0.6) is 0 Å². The number of carboxylic acids is 1. The van der Waals surface area contributed by atoms with Crippen LogP contribution in [0.1, 0.15) is 32.6 Å². The van der Waals surface area contributed by atoms with E-state index in [-0.39, 0.29) is 18.9 Å². The zero-order chi connectivity index (χ0) is 13.7. The zero-order valence-electron chi connectivity index (χ0n) is 10.3. The minimum atomic E-state index is -1.17. The summed E-state index contributed by atoms with van der Waals surface area (Å²) in [4.78, 5) is 33.0. The van der Waals surface area contributed by atoms with Crippen LogP contribution in [-0.4, -0.2) is 35.1 Å². The van der Waals surface area contributed by atoms with Gasteiger partial charge in [-0.05, 0) is 18.8 Å². The third kappa shape index (κ3) is 4.60. The maximum Gasteiger partial charge on any atom is 0.326 e. The standard InChI is InChI=1S/C11H19N3O4/c1-2-6-5-8(6)14-11(18)13-7(10(16)17)3-4-9(12)15/h6-8H,2-5H2,1H3,(H2,12,15)(H,16,17)(H2,13,14,18). The largest absolute Gasteiger partial charge is 0.480 e. The monoisotopic (exact) mass is 257 g/mol. The Labute approximate surface area is 105 Å². The number of carbonyl (C=O) groups excluding carboxylic acids is 2. The van der Waals surface area contributed by atoms with Crippen molar-refractivity contribution in [1.29, 1.82) is 0 Å². The highest BCUT2D eigenvalue weighted by molar-refractivity contribution is 5.83. The Morgan fingerprint density at radius 1 is 1.44 bits per heavy atom. The van der Waals surface area contributed by atoms with E-state index in [9.17, 15) is 14.4 Å². The van der Waals surface area contributed by atoms with Crippen LogP contribution in [0.4, 0.5) is 4.79 Å². The predicted octanol–water partition coefficient (Wildman–Crippen LogP) is -0.197. The summed E-state index contributed by atoms with van der Waals surface area (Å²) in [7, 11) is 0. The molecule has 1 fully saturated rings. The highest BCUT2D eigenvalue weighted by Gasteiger charge is 2.36. The van der Waals surface area contributed by atoms with E-state index in [2.05, 4.69) is 10.6 Å². The molecular weight excluding hydrogens is 238 g/mol. The molecule has 1 saturated carbocycles. The molecule has 0 aromatic rings. The smallest absolute Gasteiger partial charge is 0.326 e. The lowest BCUT2D eigenvalue weighted by Gasteiger charge is -2.14. The van der Waals surface area contributed by atoms with Gasteiger partial charge in [0, 0.05) is 12.5 Å². The number of nitrogens with two attached hydrogens (primary N) is 1. The number of amides is 3. The van der Waals surface area contributed by atoms with Crippen molar-refractivity contribution in [2.75, 3.05) is 0 Å². The maximum atomic E-state index is 11.5. The van der Waals surface area contributed by atoms with E-state index >= 15 is 0 Å². The fraction of sp³-hybridized carbons (Fsp3) is 0.727. The van der Waals surface area contributed by atoms with Crippen molar-refractivity contribution in [3.63, 3.8) is 0 Å². The summed E-state index contributed by atoms with van der Waals surface area (Å²) in [5, 5.41) is 13.9. The molecule has 0 spiro atoms. The Kier molecular flexibility index (Phi) is 4.94. The van der Waals surface area contributed by atoms with Gasteiger partial charge in [-0.3, -0.25) is 4.79 Å². The van der Waals surface area contributed by atoms with Gasteiger partial charge in [-0.25, -0.2) is 9.59 Å². The number of hydrogen-bond acceptors (Lipinski definition) is 3. The van der Waals surface area contributed by atoms with Gasteiger partial charge >= 0.3 is 12.0 Å². The Balaban J connectivity index is 2.33. The van der Waals surface area contributed by atoms with Crippen molar-refractivity contribution in [1.82, 2.24) is 10.6 Å². The fourth-order valence-corrected chi connectivity index (χ4v) is 1.79. The van der Waals surface area contributed by atoms with Crippen LogP contribution in [0.2, 0.25) is 0 Å². The normalized spacial score (nSPS) is 22.9. The van der Waals surface area contributed by atoms with Gasteiger partial charge in [-0.15, -0.1) is 0 Å².